The lowest BCUT2D eigenvalue weighted by molar-refractivity contribution is -0.119. The molecule has 0 fully saturated rings. The fourth-order valence-electron chi connectivity index (χ4n) is 5.84. The van der Waals surface area contributed by atoms with E-state index in [0.717, 1.165) is 55.8 Å². The molecular formula is C35H25NO2. The second-order valence-corrected chi connectivity index (χ2v) is 9.81. The lowest BCUT2D eigenvalue weighted by Crippen LogP contribution is -2.38. The molecule has 182 valence electrons. The number of hydrogen-bond donors (Lipinski definition) is 1. The summed E-state index contributed by atoms with van der Waals surface area (Å²) in [6.45, 7) is 0. The number of hydrogen-bond acceptors (Lipinski definition) is 2. The molecule has 0 aliphatic carbocycles. The Balaban J connectivity index is 1.53. The van der Waals surface area contributed by atoms with Crippen LogP contribution in [0, 0.1) is 0 Å². The van der Waals surface area contributed by atoms with Crippen LogP contribution >= 0.6 is 0 Å². The molecule has 0 radical (unpaired) electrons. The summed E-state index contributed by atoms with van der Waals surface area (Å²) in [5, 5.41) is 5.51. The number of carbonyl (C=O) groups excluding carboxylic acids is 1. The van der Waals surface area contributed by atoms with E-state index in [9.17, 15) is 4.79 Å². The molecule has 0 saturated carbocycles. The van der Waals surface area contributed by atoms with Gasteiger partial charge >= 0.3 is 0 Å². The highest BCUT2D eigenvalue weighted by Gasteiger charge is 2.51. The number of benzene rings is 5. The molecule has 0 unspecified atom stereocenters. The van der Waals surface area contributed by atoms with E-state index in [1.807, 2.05) is 78.9 Å². The Kier molecular flexibility index (Phi) is 5.22. The van der Waals surface area contributed by atoms with Gasteiger partial charge in [0.1, 0.15) is 16.9 Å². The summed E-state index contributed by atoms with van der Waals surface area (Å²) in [6.07, 6.45) is 0.505. The van der Waals surface area contributed by atoms with E-state index in [4.69, 9.17) is 4.42 Å². The van der Waals surface area contributed by atoms with E-state index in [1.165, 1.54) is 0 Å². The Bertz CT molecular complexity index is 1780. The van der Waals surface area contributed by atoms with Gasteiger partial charge in [-0.1, -0.05) is 121 Å². The monoisotopic (exact) mass is 491 g/mol. The number of amides is 1. The number of anilines is 1. The second kappa shape index (κ2) is 8.89. The summed E-state index contributed by atoms with van der Waals surface area (Å²) in [7, 11) is 0. The molecule has 1 atom stereocenters. The van der Waals surface area contributed by atoms with Crippen molar-refractivity contribution in [1.29, 1.82) is 0 Å². The Morgan fingerprint density at radius 1 is 0.632 bits per heavy atom. The van der Waals surface area contributed by atoms with E-state index in [1.54, 1.807) is 0 Å². The zero-order valence-electron chi connectivity index (χ0n) is 20.7. The normalized spacial score (nSPS) is 16.4. The highest BCUT2D eigenvalue weighted by atomic mass is 16.3. The summed E-state index contributed by atoms with van der Waals surface area (Å²) in [6, 6.07) is 45.0. The van der Waals surface area contributed by atoms with E-state index in [-0.39, 0.29) is 5.91 Å². The van der Waals surface area contributed by atoms with Crippen molar-refractivity contribution in [2.75, 3.05) is 5.32 Å². The Labute approximate surface area is 221 Å². The van der Waals surface area contributed by atoms with Gasteiger partial charge in [-0.3, -0.25) is 4.79 Å². The van der Waals surface area contributed by atoms with Crippen LogP contribution in [0.25, 0.3) is 33.4 Å². The van der Waals surface area contributed by atoms with E-state index < -0.39 is 5.41 Å². The van der Waals surface area contributed by atoms with E-state index >= 15 is 0 Å². The molecule has 3 heteroatoms. The predicted octanol–water partition coefficient (Wildman–Crippen LogP) is 8.25. The van der Waals surface area contributed by atoms with Crippen LogP contribution in [0.15, 0.2) is 138 Å². The van der Waals surface area contributed by atoms with Gasteiger partial charge in [0.2, 0.25) is 5.91 Å². The third-order valence-corrected chi connectivity index (χ3v) is 7.64. The minimum atomic E-state index is -0.970. The third-order valence-electron chi connectivity index (χ3n) is 7.64. The average Bonchev–Trinajstić information content (AvgIpc) is 3.54. The van der Waals surface area contributed by atoms with Crippen LogP contribution in [0.5, 0.6) is 0 Å². The Hall–Kier alpha value is -4.89. The van der Waals surface area contributed by atoms with Crippen molar-refractivity contribution < 1.29 is 9.21 Å². The van der Waals surface area contributed by atoms with Crippen LogP contribution in [-0.4, -0.2) is 5.91 Å². The largest absolute Gasteiger partial charge is 0.456 e. The molecular weight excluding hydrogens is 466 g/mol. The van der Waals surface area contributed by atoms with Gasteiger partial charge in [-0.05, 0) is 40.5 Å². The van der Waals surface area contributed by atoms with Crippen LogP contribution in [0.1, 0.15) is 16.7 Å². The highest BCUT2D eigenvalue weighted by molar-refractivity contribution is 6.10. The van der Waals surface area contributed by atoms with Gasteiger partial charge < -0.3 is 9.73 Å². The Morgan fingerprint density at radius 3 is 2.11 bits per heavy atom. The average molecular weight is 492 g/mol. The third kappa shape index (κ3) is 3.47. The first-order chi connectivity index (χ1) is 18.7. The number of fused-ring (bicyclic) bond motifs is 2. The molecule has 0 bridgehead atoms. The minimum Gasteiger partial charge on any atom is -0.456 e. The van der Waals surface area contributed by atoms with Crippen LogP contribution in [0.3, 0.4) is 0 Å². The molecule has 1 N–H and O–H groups in total. The lowest BCUT2D eigenvalue weighted by atomic mass is 9.70. The number of para-hydroxylation sites is 1. The molecule has 1 aliphatic rings. The van der Waals surface area contributed by atoms with E-state index in [0.29, 0.717) is 6.42 Å². The molecule has 7 rings (SSSR count). The summed E-state index contributed by atoms with van der Waals surface area (Å²) in [5.41, 5.74) is 4.76. The van der Waals surface area contributed by atoms with Gasteiger partial charge in [-0.2, -0.15) is 0 Å². The fraction of sp³-hybridized carbons (Fsp3) is 0.0571. The summed E-state index contributed by atoms with van der Waals surface area (Å²) in [4.78, 5) is 14.3. The predicted molar refractivity (Wildman–Crippen MR) is 153 cm³/mol. The second-order valence-electron chi connectivity index (χ2n) is 9.81. The number of rotatable bonds is 5. The van der Waals surface area contributed by atoms with Crippen molar-refractivity contribution in [3.8, 4) is 22.6 Å². The van der Waals surface area contributed by atoms with Gasteiger partial charge in [0.25, 0.3) is 0 Å². The molecule has 1 amide bonds. The van der Waals surface area contributed by atoms with Crippen LogP contribution in [-0.2, 0) is 16.6 Å². The van der Waals surface area contributed by atoms with Gasteiger partial charge in [0.05, 0.1) is 0 Å². The van der Waals surface area contributed by atoms with Crippen molar-refractivity contribution in [2.45, 2.75) is 11.8 Å². The first kappa shape index (κ1) is 22.3. The van der Waals surface area contributed by atoms with Crippen molar-refractivity contribution >= 4 is 22.4 Å². The van der Waals surface area contributed by atoms with Crippen molar-refractivity contribution in [2.24, 2.45) is 0 Å². The zero-order chi connectivity index (χ0) is 25.5. The van der Waals surface area contributed by atoms with Gasteiger partial charge in [-0.15, -0.1) is 0 Å². The molecule has 5 aromatic carbocycles. The number of nitrogens with one attached hydrogen (secondary N) is 1. The van der Waals surface area contributed by atoms with Gasteiger partial charge in [0.15, 0.2) is 0 Å². The molecule has 6 aromatic rings. The molecule has 38 heavy (non-hydrogen) atoms. The van der Waals surface area contributed by atoms with Crippen molar-refractivity contribution in [3.63, 3.8) is 0 Å². The van der Waals surface area contributed by atoms with Gasteiger partial charge in [0, 0.05) is 22.4 Å². The summed E-state index contributed by atoms with van der Waals surface area (Å²) < 4.78 is 6.63. The number of carbonyl (C=O) groups is 1. The SMILES string of the molecule is O=C1Nc2ccccc2[C@@]1(Cc1cccc2ccccc12)c1cc(-c2ccccc2)oc1-c1ccccc1. The van der Waals surface area contributed by atoms with Crippen molar-refractivity contribution in [3.05, 3.63) is 150 Å². The lowest BCUT2D eigenvalue weighted by Gasteiger charge is -2.28. The molecule has 0 spiro atoms. The summed E-state index contributed by atoms with van der Waals surface area (Å²) >= 11 is 0. The van der Waals surface area contributed by atoms with Crippen LogP contribution in [0.4, 0.5) is 5.69 Å². The molecule has 3 nitrogen and oxygen atoms in total. The maximum atomic E-state index is 14.3. The van der Waals surface area contributed by atoms with E-state index in [2.05, 4.69) is 59.9 Å². The first-order valence-corrected chi connectivity index (χ1v) is 12.9. The quantitative estimate of drug-likeness (QED) is 0.264. The standard InChI is InChI=1S/C35H25NO2/c37-34-35(29-20-9-10-21-31(29)36-34,23-27-18-11-17-24-12-7-8-19-28(24)27)30-22-32(25-13-3-1-4-14-25)38-33(30)26-15-5-2-6-16-26/h1-22H,23H2,(H,36,37)/t35-/m0/s1. The van der Waals surface area contributed by atoms with Crippen molar-refractivity contribution in [1.82, 2.24) is 0 Å². The highest BCUT2D eigenvalue weighted by Crippen LogP contribution is 2.50. The number of furan rings is 1. The maximum absolute atomic E-state index is 14.3. The summed E-state index contributed by atoms with van der Waals surface area (Å²) in [5.74, 6) is 1.43. The topological polar surface area (TPSA) is 42.2 Å². The van der Waals surface area contributed by atoms with Crippen LogP contribution < -0.4 is 5.32 Å². The maximum Gasteiger partial charge on any atom is 0.240 e. The fourth-order valence-corrected chi connectivity index (χ4v) is 5.84. The zero-order valence-corrected chi connectivity index (χ0v) is 20.7. The Morgan fingerprint density at radius 2 is 1.29 bits per heavy atom. The molecule has 2 heterocycles. The molecule has 0 saturated heterocycles. The first-order valence-electron chi connectivity index (χ1n) is 12.9. The van der Waals surface area contributed by atoms with Crippen LogP contribution in [0.2, 0.25) is 0 Å². The minimum absolute atomic E-state index is 0.0378. The molecule has 1 aromatic heterocycles. The van der Waals surface area contributed by atoms with Gasteiger partial charge in [-0.25, -0.2) is 0 Å². The smallest absolute Gasteiger partial charge is 0.240 e. The molecule has 1 aliphatic heterocycles.